The first kappa shape index (κ1) is 17.8. The fourth-order valence-electron chi connectivity index (χ4n) is 3.11. The van der Waals surface area contributed by atoms with Gasteiger partial charge in [-0.15, -0.1) is 0 Å². The first-order valence-corrected chi connectivity index (χ1v) is 8.63. The second-order valence-corrected chi connectivity index (χ2v) is 7.53. The molecule has 1 fully saturated rings. The molecular weight excluding hydrogens is 288 g/mol. The molecule has 4 nitrogen and oxygen atoms in total. The first-order valence-electron chi connectivity index (χ1n) is 8.63. The number of hydrogen-bond acceptors (Lipinski definition) is 3. The van der Waals surface area contributed by atoms with Crippen molar-refractivity contribution in [3.8, 4) is 0 Å². The van der Waals surface area contributed by atoms with Gasteiger partial charge in [-0.25, -0.2) is 4.79 Å². The molecule has 0 spiro atoms. The van der Waals surface area contributed by atoms with E-state index in [4.69, 9.17) is 4.74 Å². The third kappa shape index (κ3) is 5.87. The van der Waals surface area contributed by atoms with Crippen molar-refractivity contribution in [2.45, 2.75) is 64.6 Å². The van der Waals surface area contributed by atoms with Gasteiger partial charge in [0.05, 0.1) is 6.04 Å². The van der Waals surface area contributed by atoms with Crippen LogP contribution in [0, 0.1) is 5.92 Å². The predicted octanol–water partition coefficient (Wildman–Crippen LogP) is 4.03. The summed E-state index contributed by atoms with van der Waals surface area (Å²) in [5.74, 6) is 0.702. The van der Waals surface area contributed by atoms with Crippen LogP contribution in [0.5, 0.6) is 0 Å². The number of ether oxygens (including phenoxy) is 1. The predicted molar refractivity (Wildman–Crippen MR) is 93.4 cm³/mol. The van der Waals surface area contributed by atoms with E-state index in [1.54, 1.807) is 0 Å². The van der Waals surface area contributed by atoms with E-state index in [0.717, 1.165) is 12.1 Å². The van der Waals surface area contributed by atoms with E-state index in [9.17, 15) is 4.79 Å². The molecule has 3 atom stereocenters. The van der Waals surface area contributed by atoms with Crippen LogP contribution in [0.2, 0.25) is 0 Å². The first-order chi connectivity index (χ1) is 10.8. The monoisotopic (exact) mass is 318 g/mol. The lowest BCUT2D eigenvalue weighted by Gasteiger charge is -2.26. The number of nitrogens with one attached hydrogen (secondary N) is 2. The lowest BCUT2D eigenvalue weighted by Crippen LogP contribution is -2.42. The minimum atomic E-state index is -0.487. The third-order valence-corrected chi connectivity index (χ3v) is 4.34. The van der Waals surface area contributed by atoms with Crippen LogP contribution in [-0.2, 0) is 4.74 Å². The summed E-state index contributed by atoms with van der Waals surface area (Å²) in [7, 11) is 0. The van der Waals surface area contributed by atoms with E-state index in [1.807, 2.05) is 51.1 Å². The summed E-state index contributed by atoms with van der Waals surface area (Å²) < 4.78 is 5.40. The summed E-state index contributed by atoms with van der Waals surface area (Å²) in [5, 5.41) is 6.63. The molecule has 0 bridgehead atoms. The summed E-state index contributed by atoms with van der Waals surface area (Å²) in [6.45, 7) is 8.65. The van der Waals surface area contributed by atoms with E-state index < -0.39 is 5.60 Å². The Morgan fingerprint density at radius 2 is 1.96 bits per heavy atom. The molecule has 23 heavy (non-hydrogen) atoms. The average molecular weight is 318 g/mol. The summed E-state index contributed by atoms with van der Waals surface area (Å²) in [4.78, 5) is 12.1. The molecule has 1 saturated carbocycles. The Morgan fingerprint density at radius 3 is 2.52 bits per heavy atom. The highest BCUT2D eigenvalue weighted by molar-refractivity contribution is 5.68. The molecule has 0 saturated heterocycles. The minimum Gasteiger partial charge on any atom is -0.444 e. The molecule has 1 aromatic rings. The highest BCUT2D eigenvalue weighted by atomic mass is 16.6. The summed E-state index contributed by atoms with van der Waals surface area (Å²) in [6, 6.07) is 10.5. The Kier molecular flexibility index (Phi) is 6.05. The van der Waals surface area contributed by atoms with Crippen LogP contribution in [-0.4, -0.2) is 24.3 Å². The normalized spacial score (nSPS) is 22.6. The van der Waals surface area contributed by atoms with E-state index in [2.05, 4.69) is 17.6 Å². The van der Waals surface area contributed by atoms with E-state index in [-0.39, 0.29) is 12.1 Å². The van der Waals surface area contributed by atoms with Gasteiger partial charge in [0.25, 0.3) is 0 Å². The maximum Gasteiger partial charge on any atom is 0.408 e. The zero-order valence-corrected chi connectivity index (χ0v) is 14.8. The number of benzene rings is 1. The van der Waals surface area contributed by atoms with Gasteiger partial charge in [-0.05, 0) is 45.1 Å². The maximum atomic E-state index is 12.1. The minimum absolute atomic E-state index is 0.0844. The van der Waals surface area contributed by atoms with Gasteiger partial charge in [0.15, 0.2) is 0 Å². The summed E-state index contributed by atoms with van der Waals surface area (Å²) in [6.07, 6.45) is 3.42. The van der Waals surface area contributed by atoms with Crippen LogP contribution < -0.4 is 10.6 Å². The molecule has 0 aliphatic heterocycles. The Morgan fingerprint density at radius 1 is 1.26 bits per heavy atom. The zero-order chi connectivity index (χ0) is 16.9. The lowest BCUT2D eigenvalue weighted by atomic mass is 10.0. The van der Waals surface area contributed by atoms with Crippen LogP contribution in [0.25, 0.3) is 0 Å². The van der Waals surface area contributed by atoms with Crippen molar-refractivity contribution in [2.24, 2.45) is 5.92 Å². The molecule has 1 amide bonds. The van der Waals surface area contributed by atoms with Gasteiger partial charge in [0.1, 0.15) is 5.60 Å². The molecule has 128 valence electrons. The molecular formula is C19H30N2O2. The number of hydrogen-bond donors (Lipinski definition) is 2. The standard InChI is InChI=1S/C19H30N2O2/c1-14-9-8-12-16(14)20-13-17(15-10-6-5-7-11-15)21-18(22)23-19(2,3)4/h5-7,10-11,14,16-17,20H,8-9,12-13H2,1-4H3,(H,21,22). The second kappa shape index (κ2) is 7.82. The fraction of sp³-hybridized carbons (Fsp3) is 0.632. The van der Waals surface area contributed by atoms with Gasteiger partial charge in [0, 0.05) is 12.6 Å². The van der Waals surface area contributed by atoms with Crippen molar-refractivity contribution in [1.82, 2.24) is 10.6 Å². The van der Waals surface area contributed by atoms with E-state index in [1.165, 1.54) is 19.3 Å². The molecule has 1 aliphatic carbocycles. The number of rotatable bonds is 5. The van der Waals surface area contributed by atoms with Crippen LogP contribution in [0.15, 0.2) is 30.3 Å². The van der Waals surface area contributed by atoms with E-state index in [0.29, 0.717) is 12.0 Å². The molecule has 0 radical (unpaired) electrons. The molecule has 0 aromatic heterocycles. The lowest BCUT2D eigenvalue weighted by molar-refractivity contribution is 0.0502. The Labute approximate surface area is 140 Å². The second-order valence-electron chi connectivity index (χ2n) is 7.53. The average Bonchev–Trinajstić information content (AvgIpc) is 2.88. The molecule has 3 unspecified atom stereocenters. The van der Waals surface area contributed by atoms with E-state index >= 15 is 0 Å². The maximum absolute atomic E-state index is 12.1. The van der Waals surface area contributed by atoms with Crippen molar-refractivity contribution in [1.29, 1.82) is 0 Å². The van der Waals surface area contributed by atoms with Crippen molar-refractivity contribution in [3.63, 3.8) is 0 Å². The number of carbonyl (C=O) groups excluding carboxylic acids is 1. The Hall–Kier alpha value is -1.55. The summed E-state index contributed by atoms with van der Waals surface area (Å²) >= 11 is 0. The van der Waals surface area contributed by atoms with Crippen molar-refractivity contribution >= 4 is 6.09 Å². The summed E-state index contributed by atoms with van der Waals surface area (Å²) in [5.41, 5.74) is 0.607. The van der Waals surface area contributed by atoms with Crippen LogP contribution in [0.4, 0.5) is 4.79 Å². The van der Waals surface area contributed by atoms with Crippen molar-refractivity contribution < 1.29 is 9.53 Å². The largest absolute Gasteiger partial charge is 0.444 e. The van der Waals surface area contributed by atoms with Gasteiger partial charge in [-0.1, -0.05) is 43.7 Å². The molecule has 1 aliphatic rings. The van der Waals surface area contributed by atoms with Gasteiger partial charge in [-0.2, -0.15) is 0 Å². The van der Waals surface area contributed by atoms with Crippen LogP contribution >= 0.6 is 0 Å². The quantitative estimate of drug-likeness (QED) is 0.862. The van der Waals surface area contributed by atoms with Crippen LogP contribution in [0.3, 0.4) is 0 Å². The molecule has 1 aromatic carbocycles. The number of alkyl carbamates (subject to hydrolysis) is 1. The van der Waals surface area contributed by atoms with Gasteiger partial charge in [-0.3, -0.25) is 0 Å². The Balaban J connectivity index is 1.99. The molecule has 2 N–H and O–H groups in total. The molecule has 2 rings (SSSR count). The third-order valence-electron chi connectivity index (χ3n) is 4.34. The van der Waals surface area contributed by atoms with Crippen LogP contribution in [0.1, 0.15) is 58.6 Å². The highest BCUT2D eigenvalue weighted by Crippen LogP contribution is 2.25. The SMILES string of the molecule is CC1CCCC1NCC(NC(=O)OC(C)(C)C)c1ccccc1. The number of carbonyl (C=O) groups is 1. The molecule has 0 heterocycles. The smallest absolute Gasteiger partial charge is 0.408 e. The zero-order valence-electron chi connectivity index (χ0n) is 14.8. The molecule has 4 heteroatoms. The topological polar surface area (TPSA) is 50.4 Å². The van der Waals surface area contributed by atoms with Gasteiger partial charge < -0.3 is 15.4 Å². The van der Waals surface area contributed by atoms with Gasteiger partial charge >= 0.3 is 6.09 Å². The van der Waals surface area contributed by atoms with Crippen molar-refractivity contribution in [3.05, 3.63) is 35.9 Å². The highest BCUT2D eigenvalue weighted by Gasteiger charge is 2.25. The Bertz CT molecular complexity index is 496. The number of amides is 1. The van der Waals surface area contributed by atoms with Gasteiger partial charge in [0.2, 0.25) is 0 Å². The fourth-order valence-corrected chi connectivity index (χ4v) is 3.11. The van der Waals surface area contributed by atoms with Crippen molar-refractivity contribution in [2.75, 3.05) is 6.54 Å².